The maximum Gasteiger partial charge on any atom is 0.191 e. The summed E-state index contributed by atoms with van der Waals surface area (Å²) in [6.07, 6.45) is 2.03. The molecule has 124 valence electrons. The van der Waals surface area contributed by atoms with Gasteiger partial charge in [-0.2, -0.15) is 0 Å². The molecule has 0 radical (unpaired) electrons. The van der Waals surface area contributed by atoms with Crippen molar-refractivity contribution < 1.29 is 9.84 Å². The average Bonchev–Trinajstić information content (AvgIpc) is 3.16. The van der Waals surface area contributed by atoms with Crippen molar-refractivity contribution in [3.8, 4) is 11.5 Å². The Kier molecular flexibility index (Phi) is 7.78. The van der Waals surface area contributed by atoms with Gasteiger partial charge in [-0.15, -0.1) is 24.0 Å². The lowest BCUT2D eigenvalue weighted by Gasteiger charge is -2.11. The Labute approximate surface area is 149 Å². The lowest BCUT2D eigenvalue weighted by atomic mass is 10.1. The van der Waals surface area contributed by atoms with Crippen LogP contribution in [0.25, 0.3) is 0 Å². The number of nitrogens with one attached hydrogen (secondary N) is 2. The molecule has 2 atom stereocenters. The van der Waals surface area contributed by atoms with Crippen LogP contribution in [0.2, 0.25) is 0 Å². The molecule has 2 rings (SSSR count). The van der Waals surface area contributed by atoms with Crippen LogP contribution in [0, 0.1) is 5.92 Å². The SMILES string of the molecule is CCNC(=NCCc1ccc(O)c(OC)c1)NC1CC1C.I. The van der Waals surface area contributed by atoms with Crippen LogP contribution >= 0.6 is 24.0 Å². The number of rotatable bonds is 6. The molecule has 0 aromatic heterocycles. The van der Waals surface area contributed by atoms with Crippen LogP contribution in [0.4, 0.5) is 0 Å². The summed E-state index contributed by atoms with van der Waals surface area (Å²) in [4.78, 5) is 4.59. The number of phenolic OH excluding ortho intramolecular Hbond substituents is 1. The number of ether oxygens (including phenoxy) is 1. The van der Waals surface area contributed by atoms with E-state index in [9.17, 15) is 5.11 Å². The third kappa shape index (κ3) is 5.55. The summed E-state index contributed by atoms with van der Waals surface area (Å²) >= 11 is 0. The van der Waals surface area contributed by atoms with Gasteiger partial charge in [0.15, 0.2) is 17.5 Å². The highest BCUT2D eigenvalue weighted by Gasteiger charge is 2.33. The van der Waals surface area contributed by atoms with Gasteiger partial charge >= 0.3 is 0 Å². The molecular weight excluding hydrogens is 393 g/mol. The van der Waals surface area contributed by atoms with Crippen molar-refractivity contribution in [2.75, 3.05) is 20.2 Å². The number of phenols is 1. The second-order valence-corrected chi connectivity index (χ2v) is 5.48. The molecule has 1 aliphatic carbocycles. The fourth-order valence-electron chi connectivity index (χ4n) is 2.19. The van der Waals surface area contributed by atoms with E-state index in [4.69, 9.17) is 4.74 Å². The van der Waals surface area contributed by atoms with Gasteiger partial charge in [0.05, 0.1) is 7.11 Å². The zero-order chi connectivity index (χ0) is 15.2. The highest BCUT2D eigenvalue weighted by atomic mass is 127. The average molecular weight is 419 g/mol. The molecule has 1 fully saturated rings. The number of halogens is 1. The molecule has 1 aromatic rings. The molecule has 5 nitrogen and oxygen atoms in total. The van der Waals surface area contributed by atoms with Crippen molar-refractivity contribution in [3.63, 3.8) is 0 Å². The molecule has 1 saturated carbocycles. The number of hydrogen-bond acceptors (Lipinski definition) is 3. The van der Waals surface area contributed by atoms with Gasteiger partial charge in [0.1, 0.15) is 0 Å². The van der Waals surface area contributed by atoms with Crippen LogP contribution in [0.5, 0.6) is 11.5 Å². The minimum Gasteiger partial charge on any atom is -0.504 e. The van der Waals surface area contributed by atoms with E-state index in [1.807, 2.05) is 12.1 Å². The summed E-state index contributed by atoms with van der Waals surface area (Å²) in [5, 5.41) is 16.3. The van der Waals surface area contributed by atoms with Crippen LogP contribution < -0.4 is 15.4 Å². The van der Waals surface area contributed by atoms with Crippen molar-refractivity contribution in [2.45, 2.75) is 32.7 Å². The minimum atomic E-state index is 0. The Morgan fingerprint density at radius 3 is 2.77 bits per heavy atom. The first-order valence-corrected chi connectivity index (χ1v) is 7.54. The van der Waals surface area contributed by atoms with Crippen molar-refractivity contribution >= 4 is 29.9 Å². The smallest absolute Gasteiger partial charge is 0.191 e. The number of guanidine groups is 1. The summed E-state index contributed by atoms with van der Waals surface area (Å²) in [5.41, 5.74) is 1.10. The van der Waals surface area contributed by atoms with Gasteiger partial charge in [0.2, 0.25) is 0 Å². The van der Waals surface area contributed by atoms with Gasteiger partial charge in [-0.1, -0.05) is 13.0 Å². The molecule has 6 heteroatoms. The lowest BCUT2D eigenvalue weighted by Crippen LogP contribution is -2.39. The Morgan fingerprint density at radius 1 is 1.45 bits per heavy atom. The molecule has 0 aliphatic heterocycles. The standard InChI is InChI=1S/C16H25N3O2.HI/c1-4-17-16(19-13-9-11(13)2)18-8-7-12-5-6-14(20)15(10-12)21-3;/h5-6,10-11,13,20H,4,7-9H2,1-3H3,(H2,17,18,19);1H. The molecule has 0 heterocycles. The Morgan fingerprint density at radius 2 is 2.18 bits per heavy atom. The highest BCUT2D eigenvalue weighted by molar-refractivity contribution is 14.0. The number of hydrogen-bond donors (Lipinski definition) is 3. The largest absolute Gasteiger partial charge is 0.504 e. The van der Waals surface area contributed by atoms with E-state index < -0.39 is 0 Å². The highest BCUT2D eigenvalue weighted by Crippen LogP contribution is 2.29. The summed E-state index contributed by atoms with van der Waals surface area (Å²) < 4.78 is 5.11. The van der Waals surface area contributed by atoms with E-state index in [1.54, 1.807) is 13.2 Å². The molecule has 22 heavy (non-hydrogen) atoms. The number of methoxy groups -OCH3 is 1. The second kappa shape index (κ2) is 9.07. The van der Waals surface area contributed by atoms with Crippen LogP contribution in [0.3, 0.4) is 0 Å². The Balaban J connectivity index is 0.00000242. The molecular formula is C16H26IN3O2. The quantitative estimate of drug-likeness (QED) is 0.377. The summed E-state index contributed by atoms with van der Waals surface area (Å²) in [7, 11) is 1.56. The predicted octanol–water partition coefficient (Wildman–Crippen LogP) is 2.52. The zero-order valence-corrected chi connectivity index (χ0v) is 15.8. The molecule has 3 N–H and O–H groups in total. The first-order valence-electron chi connectivity index (χ1n) is 7.54. The van der Waals surface area contributed by atoms with Crippen LogP contribution in [-0.4, -0.2) is 37.3 Å². The first-order chi connectivity index (χ1) is 10.1. The Hall–Kier alpha value is -1.18. The third-order valence-electron chi connectivity index (χ3n) is 3.69. The zero-order valence-electron chi connectivity index (χ0n) is 13.4. The minimum absolute atomic E-state index is 0. The van der Waals surface area contributed by atoms with Crippen molar-refractivity contribution in [3.05, 3.63) is 23.8 Å². The fraction of sp³-hybridized carbons (Fsp3) is 0.562. The van der Waals surface area contributed by atoms with E-state index in [-0.39, 0.29) is 29.7 Å². The topological polar surface area (TPSA) is 65.9 Å². The number of benzene rings is 1. The van der Waals surface area contributed by atoms with Gasteiger partial charge in [-0.25, -0.2) is 0 Å². The van der Waals surface area contributed by atoms with Crippen molar-refractivity contribution in [2.24, 2.45) is 10.9 Å². The van der Waals surface area contributed by atoms with Crippen LogP contribution in [-0.2, 0) is 6.42 Å². The van der Waals surface area contributed by atoms with E-state index in [2.05, 4.69) is 29.5 Å². The number of aromatic hydroxyl groups is 1. The van der Waals surface area contributed by atoms with Crippen LogP contribution in [0.15, 0.2) is 23.2 Å². The predicted molar refractivity (Wildman–Crippen MR) is 100 cm³/mol. The van der Waals surface area contributed by atoms with E-state index in [1.165, 1.54) is 6.42 Å². The monoisotopic (exact) mass is 419 g/mol. The third-order valence-corrected chi connectivity index (χ3v) is 3.69. The normalized spacial score (nSPS) is 20.0. The van der Waals surface area contributed by atoms with Crippen molar-refractivity contribution in [1.82, 2.24) is 10.6 Å². The molecule has 0 amide bonds. The van der Waals surface area contributed by atoms with E-state index in [0.29, 0.717) is 18.3 Å². The summed E-state index contributed by atoms with van der Waals surface area (Å²) in [6.45, 7) is 5.87. The molecule has 1 aromatic carbocycles. The molecule has 0 saturated heterocycles. The van der Waals surface area contributed by atoms with Crippen molar-refractivity contribution in [1.29, 1.82) is 0 Å². The van der Waals surface area contributed by atoms with Gasteiger partial charge in [-0.05, 0) is 43.4 Å². The van der Waals surface area contributed by atoms with Gasteiger partial charge < -0.3 is 20.5 Å². The fourth-order valence-corrected chi connectivity index (χ4v) is 2.19. The number of aliphatic imine (C=N–C) groups is 1. The lowest BCUT2D eigenvalue weighted by molar-refractivity contribution is 0.373. The van der Waals surface area contributed by atoms with E-state index in [0.717, 1.165) is 30.4 Å². The maximum atomic E-state index is 9.58. The first kappa shape index (κ1) is 18.9. The molecule has 0 bridgehead atoms. The molecule has 1 aliphatic rings. The summed E-state index contributed by atoms with van der Waals surface area (Å²) in [6, 6.07) is 5.98. The van der Waals surface area contributed by atoms with E-state index >= 15 is 0 Å². The Bertz CT molecular complexity index is 508. The number of nitrogens with zero attached hydrogens (tertiary/aromatic N) is 1. The molecule has 2 unspecified atom stereocenters. The molecule has 0 spiro atoms. The van der Waals surface area contributed by atoms with Crippen LogP contribution in [0.1, 0.15) is 25.8 Å². The van der Waals surface area contributed by atoms with Gasteiger partial charge in [-0.3, -0.25) is 4.99 Å². The van der Waals surface area contributed by atoms with Gasteiger partial charge in [0, 0.05) is 19.1 Å². The second-order valence-electron chi connectivity index (χ2n) is 5.48. The maximum absolute atomic E-state index is 9.58. The summed E-state index contributed by atoms with van der Waals surface area (Å²) in [5.74, 6) is 2.31. The van der Waals surface area contributed by atoms with Gasteiger partial charge in [0.25, 0.3) is 0 Å².